The molecule has 4 rings (SSSR count). The average molecular weight is 458 g/mol. The summed E-state index contributed by atoms with van der Waals surface area (Å²) in [5, 5.41) is 12.2. The Morgan fingerprint density at radius 3 is 2.65 bits per heavy atom. The fourth-order valence-corrected chi connectivity index (χ4v) is 4.07. The fraction of sp³-hybridized carbons (Fsp3) is 0.273. The van der Waals surface area contributed by atoms with Gasteiger partial charge in [0.25, 0.3) is 5.91 Å². The van der Waals surface area contributed by atoms with E-state index in [0.717, 1.165) is 11.1 Å². The van der Waals surface area contributed by atoms with Crippen LogP contribution in [0, 0.1) is 12.8 Å². The van der Waals surface area contributed by atoms with Crippen molar-refractivity contribution in [2.24, 2.45) is 5.92 Å². The van der Waals surface area contributed by atoms with Gasteiger partial charge in [-0.05, 0) is 43.2 Å². The molecular formula is C22H21Cl2N5O2. The summed E-state index contributed by atoms with van der Waals surface area (Å²) in [5.74, 6) is 0.136. The van der Waals surface area contributed by atoms with Gasteiger partial charge in [0.1, 0.15) is 5.82 Å². The Morgan fingerprint density at radius 1 is 1.16 bits per heavy atom. The number of benzene rings is 2. The van der Waals surface area contributed by atoms with Crippen LogP contribution in [-0.4, -0.2) is 33.6 Å². The topological polar surface area (TPSA) is 80.1 Å². The normalized spacial score (nSPS) is 16.4. The van der Waals surface area contributed by atoms with Crippen LogP contribution in [0.2, 0.25) is 10.0 Å². The number of likely N-dealkylation sites (N-methyl/N-ethyl adjacent to an activating group) is 1. The molecule has 2 amide bonds. The van der Waals surface area contributed by atoms with E-state index in [1.165, 1.54) is 4.90 Å². The molecule has 1 N–H and O–H groups in total. The molecule has 7 nitrogen and oxygen atoms in total. The maximum Gasteiger partial charge on any atom is 0.270 e. The first-order valence-corrected chi connectivity index (χ1v) is 10.6. The lowest BCUT2D eigenvalue weighted by atomic mass is 10.0. The second kappa shape index (κ2) is 8.32. The molecular weight excluding hydrogens is 437 g/mol. The maximum absolute atomic E-state index is 13.3. The van der Waals surface area contributed by atoms with Crippen LogP contribution in [-0.2, 0) is 16.0 Å². The van der Waals surface area contributed by atoms with Crippen molar-refractivity contribution >= 4 is 40.7 Å². The van der Waals surface area contributed by atoms with Gasteiger partial charge in [0.05, 0.1) is 15.7 Å². The van der Waals surface area contributed by atoms with Crippen molar-refractivity contribution in [3.63, 3.8) is 0 Å². The van der Waals surface area contributed by atoms with E-state index in [0.29, 0.717) is 33.8 Å². The highest BCUT2D eigenvalue weighted by atomic mass is 35.5. The number of anilines is 1. The third kappa shape index (κ3) is 3.91. The van der Waals surface area contributed by atoms with Crippen LogP contribution in [0.25, 0.3) is 11.4 Å². The van der Waals surface area contributed by atoms with E-state index in [9.17, 15) is 9.59 Å². The number of nitrogens with one attached hydrogen (secondary N) is 1. The largest absolute Gasteiger partial charge is 0.327 e. The SMILES string of the molecule is Cc1nnc2n1C(NC(=O)C(C)Cc1ccc(Cl)c(Cl)c1)C(=O)N(C)c1ccccc1-2. The van der Waals surface area contributed by atoms with Gasteiger partial charge >= 0.3 is 0 Å². The highest BCUT2D eigenvalue weighted by molar-refractivity contribution is 6.42. The predicted molar refractivity (Wildman–Crippen MR) is 120 cm³/mol. The molecule has 160 valence electrons. The van der Waals surface area contributed by atoms with E-state index < -0.39 is 12.1 Å². The Labute approximate surface area is 190 Å². The lowest BCUT2D eigenvalue weighted by Gasteiger charge is -2.25. The third-order valence-corrected chi connectivity index (χ3v) is 6.19. The lowest BCUT2D eigenvalue weighted by molar-refractivity contribution is -0.131. The van der Waals surface area contributed by atoms with Crippen molar-refractivity contribution in [2.75, 3.05) is 11.9 Å². The first-order chi connectivity index (χ1) is 14.8. The van der Waals surface area contributed by atoms with E-state index >= 15 is 0 Å². The van der Waals surface area contributed by atoms with Crippen molar-refractivity contribution in [3.8, 4) is 11.4 Å². The van der Waals surface area contributed by atoms with Crippen LogP contribution in [0.3, 0.4) is 0 Å². The number of amides is 2. The minimum absolute atomic E-state index is 0.261. The maximum atomic E-state index is 13.3. The van der Waals surface area contributed by atoms with Gasteiger partial charge in [-0.1, -0.05) is 48.3 Å². The Balaban J connectivity index is 1.63. The molecule has 2 unspecified atom stereocenters. The van der Waals surface area contributed by atoms with Crippen LogP contribution < -0.4 is 10.2 Å². The summed E-state index contributed by atoms with van der Waals surface area (Å²) in [4.78, 5) is 27.9. The number of halogens is 2. The van der Waals surface area contributed by atoms with Crippen LogP contribution in [0.5, 0.6) is 0 Å². The number of hydrogen-bond donors (Lipinski definition) is 1. The van der Waals surface area contributed by atoms with Crippen molar-refractivity contribution in [3.05, 3.63) is 63.9 Å². The Hall–Kier alpha value is -2.90. The number of para-hydroxylation sites is 1. The number of fused-ring (bicyclic) bond motifs is 3. The standard InChI is InChI=1S/C22H21Cl2N5O2/c1-12(10-14-8-9-16(23)17(24)11-14)21(30)25-20-22(31)28(3)18-7-5-4-6-15(18)19-27-26-13(2)29(19)20/h4-9,11-12,20H,10H2,1-3H3,(H,25,30). The highest BCUT2D eigenvalue weighted by Crippen LogP contribution is 2.35. The summed E-state index contributed by atoms with van der Waals surface area (Å²) in [6, 6.07) is 12.8. The Bertz CT molecular complexity index is 1180. The molecule has 0 bridgehead atoms. The summed E-state index contributed by atoms with van der Waals surface area (Å²) in [7, 11) is 1.69. The van der Waals surface area contributed by atoms with E-state index in [4.69, 9.17) is 23.2 Å². The molecule has 2 aromatic carbocycles. The zero-order chi connectivity index (χ0) is 22.3. The number of aryl methyl sites for hydroxylation is 1. The van der Waals surface area contributed by atoms with Crippen LogP contribution in [0.15, 0.2) is 42.5 Å². The van der Waals surface area contributed by atoms with Crippen molar-refractivity contribution in [1.82, 2.24) is 20.1 Å². The molecule has 0 spiro atoms. The molecule has 1 aliphatic rings. The van der Waals surface area contributed by atoms with Crippen LogP contribution >= 0.6 is 23.2 Å². The second-order valence-corrected chi connectivity index (χ2v) is 8.43. The quantitative estimate of drug-likeness (QED) is 0.640. The Kier molecular flexibility index (Phi) is 5.73. The molecule has 0 fully saturated rings. The summed E-state index contributed by atoms with van der Waals surface area (Å²) in [5.41, 5.74) is 2.37. The molecule has 31 heavy (non-hydrogen) atoms. The van der Waals surface area contributed by atoms with E-state index in [-0.39, 0.29) is 11.8 Å². The van der Waals surface area contributed by atoms with Gasteiger partial charge in [-0.25, -0.2) is 0 Å². The fourth-order valence-electron chi connectivity index (χ4n) is 3.75. The van der Waals surface area contributed by atoms with Gasteiger partial charge in [-0.15, -0.1) is 10.2 Å². The molecule has 2 heterocycles. The average Bonchev–Trinajstić information content (AvgIpc) is 3.10. The molecule has 0 saturated carbocycles. The van der Waals surface area contributed by atoms with E-state index in [1.807, 2.05) is 30.3 Å². The first-order valence-electron chi connectivity index (χ1n) is 9.80. The van der Waals surface area contributed by atoms with Crippen molar-refractivity contribution in [1.29, 1.82) is 0 Å². The molecule has 2 atom stereocenters. The Morgan fingerprint density at radius 2 is 1.90 bits per heavy atom. The van der Waals surface area contributed by atoms with Gasteiger partial charge in [-0.2, -0.15) is 0 Å². The summed E-state index contributed by atoms with van der Waals surface area (Å²) < 4.78 is 1.68. The molecule has 1 aliphatic heterocycles. The van der Waals surface area contributed by atoms with Gasteiger partial charge in [0.2, 0.25) is 5.91 Å². The molecule has 0 aliphatic carbocycles. The van der Waals surface area contributed by atoms with Gasteiger partial charge in [0.15, 0.2) is 12.0 Å². The summed E-state index contributed by atoms with van der Waals surface area (Å²) in [6.07, 6.45) is -0.501. The molecule has 0 saturated heterocycles. The minimum Gasteiger partial charge on any atom is -0.327 e. The highest BCUT2D eigenvalue weighted by Gasteiger charge is 2.36. The number of rotatable bonds is 4. The summed E-state index contributed by atoms with van der Waals surface area (Å²) in [6.45, 7) is 3.56. The third-order valence-electron chi connectivity index (χ3n) is 5.45. The first kappa shape index (κ1) is 21.3. The monoisotopic (exact) mass is 457 g/mol. The van der Waals surface area contributed by atoms with Gasteiger partial charge in [-0.3, -0.25) is 14.2 Å². The van der Waals surface area contributed by atoms with Crippen LogP contribution in [0.4, 0.5) is 5.69 Å². The van der Waals surface area contributed by atoms with Gasteiger partial charge < -0.3 is 10.2 Å². The van der Waals surface area contributed by atoms with Crippen molar-refractivity contribution < 1.29 is 9.59 Å². The van der Waals surface area contributed by atoms with E-state index in [2.05, 4.69) is 15.5 Å². The van der Waals surface area contributed by atoms with Gasteiger partial charge in [0, 0.05) is 18.5 Å². The number of carbonyl (C=O) groups excluding carboxylic acids is 2. The molecule has 3 aromatic rings. The number of hydrogen-bond acceptors (Lipinski definition) is 4. The lowest BCUT2D eigenvalue weighted by Crippen LogP contribution is -2.45. The molecule has 0 radical (unpaired) electrons. The molecule has 1 aromatic heterocycles. The number of carbonyl (C=O) groups is 2. The number of aromatic nitrogens is 3. The zero-order valence-electron chi connectivity index (χ0n) is 17.3. The molecule has 9 heteroatoms. The van der Waals surface area contributed by atoms with E-state index in [1.54, 1.807) is 37.6 Å². The smallest absolute Gasteiger partial charge is 0.270 e. The zero-order valence-corrected chi connectivity index (χ0v) is 18.8. The number of nitrogens with zero attached hydrogens (tertiary/aromatic N) is 4. The van der Waals surface area contributed by atoms with Crippen molar-refractivity contribution in [2.45, 2.75) is 26.4 Å². The minimum atomic E-state index is -0.953. The summed E-state index contributed by atoms with van der Waals surface area (Å²) >= 11 is 12.1. The second-order valence-electron chi connectivity index (χ2n) is 7.62. The van der Waals surface area contributed by atoms with Crippen LogP contribution in [0.1, 0.15) is 24.5 Å². The predicted octanol–water partition coefficient (Wildman–Crippen LogP) is 4.03.